The Labute approximate surface area is 323 Å². The fourth-order valence-electron chi connectivity index (χ4n) is 9.41. The highest BCUT2D eigenvalue weighted by Crippen LogP contribution is 2.48. The van der Waals surface area contributed by atoms with Gasteiger partial charge in [0.1, 0.15) is 11.2 Å². The standard InChI is InChI=1S/C54H33NO/c1-2-17-35(18-3-1)55-50-31-8-6-20-40(50)44-27-13-30-47(53(44)55)52-42-25-11-23-38(37-22-10-16-34-15-4-5-19-36(34)37)48(42)33-49-39(24-12-26-43(49)52)45-28-14-29-46-41-21-7-9-32-51(41)56-54(45)46/h1-33H. The van der Waals surface area contributed by atoms with E-state index in [1.165, 1.54) is 76.4 Å². The number of para-hydroxylation sites is 5. The average molecular weight is 712 g/mol. The van der Waals surface area contributed by atoms with Gasteiger partial charge in [0.05, 0.1) is 11.0 Å². The Hall–Kier alpha value is -7.42. The minimum Gasteiger partial charge on any atom is -0.455 e. The molecule has 2 nitrogen and oxygen atoms in total. The van der Waals surface area contributed by atoms with Crippen LogP contribution in [0.3, 0.4) is 0 Å². The first-order chi connectivity index (χ1) is 27.8. The largest absolute Gasteiger partial charge is 0.455 e. The second-order valence-corrected chi connectivity index (χ2v) is 14.7. The summed E-state index contributed by atoms with van der Waals surface area (Å²) in [5, 5.41) is 12.1. The topological polar surface area (TPSA) is 18.1 Å². The van der Waals surface area contributed by atoms with Crippen LogP contribution in [0.2, 0.25) is 0 Å². The van der Waals surface area contributed by atoms with Gasteiger partial charge in [-0.05, 0) is 84.9 Å². The van der Waals surface area contributed by atoms with Crippen LogP contribution in [0.15, 0.2) is 205 Å². The molecule has 2 aromatic heterocycles. The van der Waals surface area contributed by atoms with Gasteiger partial charge in [-0.1, -0.05) is 170 Å². The molecule has 0 fully saturated rings. The SMILES string of the molecule is c1ccc(-n2c3ccccc3c3cccc(-c4c5cccc(-c6cccc7ccccc67)c5cc5c(-c6cccc7c6oc6ccccc67)cccc45)c32)cc1. The summed E-state index contributed by atoms with van der Waals surface area (Å²) in [6, 6.07) is 72.8. The van der Waals surface area contributed by atoms with E-state index in [-0.39, 0.29) is 0 Å². The highest BCUT2D eigenvalue weighted by atomic mass is 16.3. The lowest BCUT2D eigenvalue weighted by molar-refractivity contribution is 0.670. The van der Waals surface area contributed by atoms with E-state index in [0.717, 1.165) is 38.8 Å². The van der Waals surface area contributed by atoms with Crippen molar-refractivity contribution in [1.82, 2.24) is 4.57 Å². The molecule has 0 saturated carbocycles. The predicted molar refractivity (Wildman–Crippen MR) is 237 cm³/mol. The van der Waals surface area contributed by atoms with Crippen LogP contribution in [0.25, 0.3) is 115 Å². The van der Waals surface area contributed by atoms with Crippen molar-refractivity contribution in [2.45, 2.75) is 0 Å². The van der Waals surface area contributed by atoms with Crippen molar-refractivity contribution < 1.29 is 4.42 Å². The van der Waals surface area contributed by atoms with Gasteiger partial charge in [0.2, 0.25) is 0 Å². The molecule has 0 unspecified atom stereocenters. The van der Waals surface area contributed by atoms with Gasteiger partial charge in [0, 0.05) is 38.4 Å². The molecule has 56 heavy (non-hydrogen) atoms. The van der Waals surface area contributed by atoms with E-state index in [1.54, 1.807) is 0 Å². The molecule has 0 radical (unpaired) electrons. The maximum absolute atomic E-state index is 6.68. The monoisotopic (exact) mass is 711 g/mol. The van der Waals surface area contributed by atoms with Crippen molar-refractivity contribution in [2.24, 2.45) is 0 Å². The van der Waals surface area contributed by atoms with Gasteiger partial charge in [0.25, 0.3) is 0 Å². The maximum atomic E-state index is 6.68. The van der Waals surface area contributed by atoms with E-state index < -0.39 is 0 Å². The first-order valence-electron chi connectivity index (χ1n) is 19.3. The van der Waals surface area contributed by atoms with Crippen molar-refractivity contribution in [3.8, 4) is 39.1 Å². The van der Waals surface area contributed by atoms with Crippen molar-refractivity contribution >= 4 is 76.1 Å². The van der Waals surface area contributed by atoms with Crippen LogP contribution in [0, 0.1) is 0 Å². The molecule has 260 valence electrons. The second-order valence-electron chi connectivity index (χ2n) is 14.7. The highest BCUT2D eigenvalue weighted by molar-refractivity contribution is 6.25. The molecule has 0 amide bonds. The molecule has 0 N–H and O–H groups in total. The molecular formula is C54H33NO. The lowest BCUT2D eigenvalue weighted by Crippen LogP contribution is -1.96. The molecule has 0 aliphatic carbocycles. The summed E-state index contributed by atoms with van der Waals surface area (Å²) in [6.45, 7) is 0. The second kappa shape index (κ2) is 12.0. The minimum absolute atomic E-state index is 0.903. The Bertz CT molecular complexity index is 3530. The van der Waals surface area contributed by atoms with Gasteiger partial charge < -0.3 is 8.98 Å². The minimum atomic E-state index is 0.903. The van der Waals surface area contributed by atoms with Crippen LogP contribution in [0.4, 0.5) is 0 Å². The van der Waals surface area contributed by atoms with E-state index in [1.807, 2.05) is 6.07 Å². The third kappa shape index (κ3) is 4.44. The summed E-state index contributed by atoms with van der Waals surface area (Å²) in [7, 11) is 0. The fourth-order valence-corrected chi connectivity index (χ4v) is 9.41. The Balaban J connectivity index is 1.27. The Kier molecular flexibility index (Phi) is 6.66. The van der Waals surface area contributed by atoms with Crippen LogP contribution < -0.4 is 0 Å². The lowest BCUT2D eigenvalue weighted by Gasteiger charge is -2.19. The third-order valence-corrected chi connectivity index (χ3v) is 11.8. The molecule has 12 rings (SSSR count). The smallest absolute Gasteiger partial charge is 0.143 e. The molecule has 10 aromatic carbocycles. The maximum Gasteiger partial charge on any atom is 0.143 e. The highest BCUT2D eigenvalue weighted by Gasteiger charge is 2.22. The average Bonchev–Trinajstić information content (AvgIpc) is 3.82. The number of fused-ring (bicyclic) bond motifs is 9. The molecular weight excluding hydrogens is 679 g/mol. The molecule has 0 aliphatic rings. The van der Waals surface area contributed by atoms with Gasteiger partial charge in [-0.15, -0.1) is 0 Å². The van der Waals surface area contributed by atoms with Crippen LogP contribution >= 0.6 is 0 Å². The number of furan rings is 1. The predicted octanol–water partition coefficient (Wildman–Crippen LogP) is 15.1. The number of benzene rings is 10. The number of rotatable bonds is 4. The number of hydrogen-bond acceptors (Lipinski definition) is 1. The van der Waals surface area contributed by atoms with Crippen molar-refractivity contribution in [3.05, 3.63) is 200 Å². The van der Waals surface area contributed by atoms with E-state index >= 15 is 0 Å². The number of nitrogens with zero attached hydrogens (tertiary/aromatic N) is 1. The van der Waals surface area contributed by atoms with E-state index in [0.29, 0.717) is 0 Å². The summed E-state index contributed by atoms with van der Waals surface area (Å²) >= 11 is 0. The quantitative estimate of drug-likeness (QED) is 0.166. The molecule has 0 saturated heterocycles. The van der Waals surface area contributed by atoms with Crippen LogP contribution in [0.5, 0.6) is 0 Å². The summed E-state index contributed by atoms with van der Waals surface area (Å²) < 4.78 is 9.14. The van der Waals surface area contributed by atoms with Gasteiger partial charge in [-0.3, -0.25) is 0 Å². The summed E-state index contributed by atoms with van der Waals surface area (Å²) in [5.74, 6) is 0. The molecule has 0 aliphatic heterocycles. The zero-order valence-corrected chi connectivity index (χ0v) is 30.4. The molecule has 12 aromatic rings. The van der Waals surface area contributed by atoms with Gasteiger partial charge >= 0.3 is 0 Å². The normalized spacial score (nSPS) is 11.9. The Morgan fingerprint density at radius 1 is 0.321 bits per heavy atom. The molecule has 0 spiro atoms. The molecule has 2 heteroatoms. The van der Waals surface area contributed by atoms with Crippen LogP contribution in [-0.2, 0) is 0 Å². The van der Waals surface area contributed by atoms with Crippen molar-refractivity contribution in [2.75, 3.05) is 0 Å². The fraction of sp³-hybridized carbons (Fsp3) is 0. The zero-order valence-electron chi connectivity index (χ0n) is 30.4. The third-order valence-electron chi connectivity index (χ3n) is 11.8. The molecule has 0 bridgehead atoms. The number of aromatic nitrogens is 1. The number of hydrogen-bond donors (Lipinski definition) is 0. The van der Waals surface area contributed by atoms with E-state index in [4.69, 9.17) is 4.42 Å². The Morgan fingerprint density at radius 2 is 0.839 bits per heavy atom. The van der Waals surface area contributed by atoms with Gasteiger partial charge in [-0.2, -0.15) is 0 Å². The first-order valence-corrected chi connectivity index (χ1v) is 19.3. The summed E-state index contributed by atoms with van der Waals surface area (Å²) in [4.78, 5) is 0. The van der Waals surface area contributed by atoms with E-state index in [9.17, 15) is 0 Å². The van der Waals surface area contributed by atoms with Crippen LogP contribution in [-0.4, -0.2) is 4.57 Å². The van der Waals surface area contributed by atoms with E-state index in [2.05, 4.69) is 199 Å². The lowest BCUT2D eigenvalue weighted by atomic mass is 9.85. The molecule has 0 atom stereocenters. The Morgan fingerprint density at radius 3 is 1.62 bits per heavy atom. The first kappa shape index (κ1) is 31.0. The zero-order chi connectivity index (χ0) is 36.7. The van der Waals surface area contributed by atoms with Crippen molar-refractivity contribution in [3.63, 3.8) is 0 Å². The van der Waals surface area contributed by atoms with Gasteiger partial charge in [0.15, 0.2) is 0 Å². The summed E-state index contributed by atoms with van der Waals surface area (Å²) in [6.07, 6.45) is 0. The van der Waals surface area contributed by atoms with Gasteiger partial charge in [-0.25, -0.2) is 0 Å². The summed E-state index contributed by atoms with van der Waals surface area (Å²) in [5.41, 5.74) is 12.5. The van der Waals surface area contributed by atoms with Crippen LogP contribution in [0.1, 0.15) is 0 Å². The van der Waals surface area contributed by atoms with Crippen molar-refractivity contribution in [1.29, 1.82) is 0 Å². The molecule has 2 heterocycles.